The van der Waals surface area contributed by atoms with E-state index in [1.165, 1.54) is 243 Å². The molecular weight excluding hydrogens is 1510 g/mol. The van der Waals surface area contributed by atoms with Crippen molar-refractivity contribution >= 4 is 142 Å². The van der Waals surface area contributed by atoms with E-state index in [9.17, 15) is 0 Å². The number of pyridine rings is 9. The second-order valence-electron chi connectivity index (χ2n) is 36.0. The minimum Gasteiger partial charge on any atom is -0.225 e. The van der Waals surface area contributed by atoms with E-state index in [1.807, 2.05) is 6.07 Å². The standard InChI is InChI=1S/C22H15N3.C18H12N2.2C17H13N3.C16H11N3.C15H12N4/c1-2-5-14(6-3-1)18-13-24-12-16-9-8-15-11-23-10-4-7-17-21(23)19(15)20(16)22(24)25(17)18;1-3-13-14-4-2-8-20-10-12-6-5-11-9-19(7-1)17(13)15(11)16(12)18(14)20;1-10-7-20-13-3-2-6-18-8-11-4-5-12-9-19(10)17(20)15(12)14(11)16(13)18;1-10-5-6-12-8-19-9-18-7-11-3-2-4-13-14(10)16(12)20(19)17(18)15(11)13;1-2-12-15-13-10(8-17(15)5-1)3-4-11-9-18-6-7-19(12)16(18)14(11)13;1-2-5-11(6-3-1)13-12-9-17-7-4-8-18-10-19(16-13)14(12)15(17)18/h1-10,13H,11-12H2;1-8H,9-10H2;2-7H,8-9H2,1H3;2-6,9H,7-8H2,1H3;1-7H,8-9H2;1-8H,9-10H2/q6*+2. The van der Waals surface area contributed by atoms with Crippen LogP contribution in [-0.4, -0.2) is 27.7 Å². The lowest BCUT2D eigenvalue weighted by molar-refractivity contribution is -0.806. The van der Waals surface area contributed by atoms with E-state index in [1.54, 1.807) is 0 Å². The highest BCUT2D eigenvalue weighted by molar-refractivity contribution is 6.24. The van der Waals surface area contributed by atoms with E-state index in [4.69, 9.17) is 5.10 Å². The van der Waals surface area contributed by atoms with Crippen molar-refractivity contribution in [2.45, 2.75) is 92.5 Å². The number of imidazole rings is 3. The Morgan fingerprint density at radius 2 is 0.878 bits per heavy atom. The third kappa shape index (κ3) is 8.05. The summed E-state index contributed by atoms with van der Waals surface area (Å²) in [5, 5.41) is 23.7. The van der Waals surface area contributed by atoms with Gasteiger partial charge in [-0.05, 0) is 53.6 Å². The van der Waals surface area contributed by atoms with Gasteiger partial charge in [0.15, 0.2) is 94.9 Å². The molecule has 18 nitrogen and oxygen atoms in total. The quantitative estimate of drug-likeness (QED) is 0.125. The monoisotopic (exact) mass is 1590 g/mol. The first kappa shape index (κ1) is 64.6. The lowest BCUT2D eigenvalue weighted by Gasteiger charge is -2.05. The van der Waals surface area contributed by atoms with Crippen molar-refractivity contribution in [1.29, 1.82) is 0 Å². The molecule has 36 rings (SSSR count). The maximum absolute atomic E-state index is 4.80. The second-order valence-corrected chi connectivity index (χ2v) is 36.0. The molecule has 574 valence electrons. The molecule has 0 saturated carbocycles. The van der Waals surface area contributed by atoms with Crippen LogP contribution < -0.4 is 54.8 Å². The van der Waals surface area contributed by atoms with E-state index in [2.05, 4.69) is 366 Å². The van der Waals surface area contributed by atoms with Crippen molar-refractivity contribution in [1.82, 2.24) is 27.7 Å². The van der Waals surface area contributed by atoms with Crippen LogP contribution in [0.2, 0.25) is 0 Å². The Morgan fingerprint density at radius 1 is 0.341 bits per heavy atom. The molecule has 27 heterocycles. The SMILES string of the molecule is Cc1c[n+]2c3ccc[n+]4c3c3c(ccc5c3c2n1C5)C4.Cc1ccc2c3c1c1cccc4c1c1n3[n+](c[n+]1C4)C2.c1cc2c3c4c(ccc5c4c4n2cc[n+]4C5)C[n+]3c1.c1cc2c3ccc[n+]4c3c3c(ccc5c3c2[n+](c1)C5)C4.c1ccc(-c2c[n+]3c4c5c(ccc6c5c5c(ccc[n+]5C6)n24)C3)cc1.c1ccc(-c2nn3c4c2C[n+]2ccc[n+](c2-4)C3)cc1. The molecule has 9 aromatic carbocycles. The number of aryl methyl sites for hydroxylation is 2. The molecule has 12 aliphatic rings. The summed E-state index contributed by atoms with van der Waals surface area (Å²) in [5.74, 6) is 1.28. The van der Waals surface area contributed by atoms with Gasteiger partial charge < -0.3 is 0 Å². The lowest BCUT2D eigenvalue weighted by Crippen LogP contribution is -2.45. The van der Waals surface area contributed by atoms with Crippen LogP contribution in [0.5, 0.6) is 0 Å². The van der Waals surface area contributed by atoms with Gasteiger partial charge in [-0.2, -0.15) is 45.8 Å². The number of rotatable bonds is 2. The third-order valence-corrected chi connectivity index (χ3v) is 29.6. The van der Waals surface area contributed by atoms with Gasteiger partial charge in [0.25, 0.3) is 33.5 Å². The van der Waals surface area contributed by atoms with E-state index in [-0.39, 0.29) is 0 Å². The van der Waals surface area contributed by atoms with Gasteiger partial charge in [-0.15, -0.1) is 13.7 Å². The third-order valence-electron chi connectivity index (χ3n) is 29.6. The van der Waals surface area contributed by atoms with Gasteiger partial charge in [-0.25, -0.2) is 13.7 Å². The van der Waals surface area contributed by atoms with Gasteiger partial charge in [-0.3, -0.25) is 0 Å². The van der Waals surface area contributed by atoms with E-state index in [0.29, 0.717) is 0 Å². The highest BCUT2D eigenvalue weighted by Gasteiger charge is 2.49. The molecule has 0 spiro atoms. The first-order valence-electron chi connectivity index (χ1n) is 43.4. The number of aromatic nitrogens is 18. The van der Waals surface area contributed by atoms with Crippen LogP contribution in [0.15, 0.2) is 281 Å². The summed E-state index contributed by atoms with van der Waals surface area (Å²) in [5.41, 5.74) is 42.7. The van der Waals surface area contributed by atoms with Crippen molar-refractivity contribution in [3.63, 3.8) is 0 Å². The first-order valence-corrected chi connectivity index (χ1v) is 43.4. The van der Waals surface area contributed by atoms with Crippen LogP contribution >= 0.6 is 0 Å². The number of nitrogens with zero attached hydrogens (tertiary/aromatic N) is 18. The fourth-order valence-corrected chi connectivity index (χ4v) is 24.8. The molecule has 0 aliphatic carbocycles. The Kier molecular flexibility index (Phi) is 11.8. The molecule has 0 atom stereocenters. The van der Waals surface area contributed by atoms with Gasteiger partial charge in [-0.1, -0.05) is 138 Å². The highest BCUT2D eigenvalue weighted by atomic mass is 15.5. The topological polar surface area (TPSA) is 82.8 Å². The normalized spacial score (nSPS) is 14.5. The zero-order valence-electron chi connectivity index (χ0n) is 67.6. The molecule has 15 aromatic heterocycles. The number of hydrogen-bond donors (Lipinski definition) is 0. The van der Waals surface area contributed by atoms with Crippen LogP contribution in [0.4, 0.5) is 0 Å². The molecule has 0 bridgehead atoms. The molecule has 0 unspecified atom stereocenters. The van der Waals surface area contributed by atoms with Gasteiger partial charge in [0.05, 0.1) is 70.9 Å². The van der Waals surface area contributed by atoms with Gasteiger partial charge in [0.2, 0.25) is 46.5 Å². The van der Waals surface area contributed by atoms with Crippen molar-refractivity contribution in [3.05, 3.63) is 353 Å². The average Bonchev–Trinajstić information content (AvgIpc) is 1.53. The highest BCUT2D eigenvalue weighted by Crippen LogP contribution is 2.46. The second kappa shape index (κ2) is 22.5. The maximum Gasteiger partial charge on any atom is 0.472 e. The molecule has 0 amide bonds. The molecule has 0 radical (unpaired) electrons. The lowest BCUT2D eigenvalue weighted by atomic mass is 9.97. The minimum absolute atomic E-state index is 0.825. The number of hydrogen-bond acceptors (Lipinski definition) is 1. The Hall–Kier alpha value is -15.4. The molecule has 0 fully saturated rings. The molecular formula is C105H76N18+12. The Labute approximate surface area is 700 Å². The van der Waals surface area contributed by atoms with Crippen molar-refractivity contribution < 1.29 is 54.8 Å². The fraction of sp³-hybridized carbons (Fsp3) is 0.133. The molecule has 24 aromatic rings. The average molecular weight is 1590 g/mol. The van der Waals surface area contributed by atoms with Crippen molar-refractivity contribution in [2.75, 3.05) is 0 Å². The Bertz CT molecular complexity index is 9200. The minimum atomic E-state index is 0.825. The van der Waals surface area contributed by atoms with Gasteiger partial charge in [0, 0.05) is 115 Å². The maximum atomic E-state index is 4.80. The first-order chi connectivity index (χ1) is 60.8. The zero-order chi connectivity index (χ0) is 79.5. The van der Waals surface area contributed by atoms with E-state index in [0.717, 1.165) is 84.4 Å². The van der Waals surface area contributed by atoms with Crippen LogP contribution in [0.1, 0.15) is 72.5 Å². The van der Waals surface area contributed by atoms with Gasteiger partial charge >= 0.3 is 17.8 Å². The fourth-order valence-electron chi connectivity index (χ4n) is 24.8. The van der Waals surface area contributed by atoms with Crippen molar-refractivity contribution in [3.8, 4) is 34.0 Å². The predicted molar refractivity (Wildman–Crippen MR) is 464 cm³/mol. The smallest absolute Gasteiger partial charge is 0.225 e. The molecule has 18 heteroatoms. The largest absolute Gasteiger partial charge is 0.472 e. The molecule has 123 heavy (non-hydrogen) atoms. The Morgan fingerprint density at radius 3 is 1.59 bits per heavy atom. The summed E-state index contributed by atoms with van der Waals surface area (Å²) >= 11 is 0. The summed E-state index contributed by atoms with van der Waals surface area (Å²) in [7, 11) is 0. The summed E-state index contributed by atoms with van der Waals surface area (Å²) < 4.78 is 40.3. The summed E-state index contributed by atoms with van der Waals surface area (Å²) in [6.07, 6.45) is 26.6. The molecule has 0 saturated heterocycles. The van der Waals surface area contributed by atoms with E-state index >= 15 is 0 Å². The van der Waals surface area contributed by atoms with Crippen molar-refractivity contribution in [2.24, 2.45) is 0 Å². The Balaban J connectivity index is 0.0000000715. The van der Waals surface area contributed by atoms with E-state index < -0.39 is 0 Å². The van der Waals surface area contributed by atoms with Crippen LogP contribution in [0, 0.1) is 13.8 Å². The summed E-state index contributed by atoms with van der Waals surface area (Å²) in [6, 6.07) is 75.3. The van der Waals surface area contributed by atoms with Gasteiger partial charge in [0.1, 0.15) is 61.3 Å². The van der Waals surface area contributed by atoms with Crippen LogP contribution in [-0.2, 0) is 78.7 Å². The van der Waals surface area contributed by atoms with Crippen LogP contribution in [0.25, 0.3) is 176 Å². The number of fused-ring (bicyclic) bond motifs is 5. The number of benzene rings is 9. The molecule has 12 aliphatic heterocycles. The summed E-state index contributed by atoms with van der Waals surface area (Å²) in [4.78, 5) is 0. The predicted octanol–water partition coefficient (Wildman–Crippen LogP) is 11.9. The summed E-state index contributed by atoms with van der Waals surface area (Å²) in [6.45, 7) is 16.2. The van der Waals surface area contributed by atoms with Crippen LogP contribution in [0.3, 0.4) is 0 Å². The molecule has 0 N–H and O–H groups in total. The zero-order valence-corrected chi connectivity index (χ0v) is 67.6.